The minimum Gasteiger partial charge on any atom is -0.550 e. The highest BCUT2D eigenvalue weighted by atomic mass is 79.9. The minimum absolute atomic E-state index is 0.00139. The van der Waals surface area contributed by atoms with E-state index in [9.17, 15) is 19.5 Å². The zero-order valence-corrected chi connectivity index (χ0v) is 15.4. The summed E-state index contributed by atoms with van der Waals surface area (Å²) in [7, 11) is 0. The van der Waals surface area contributed by atoms with Crippen molar-refractivity contribution in [3.8, 4) is 0 Å². The number of hydrogen-bond acceptors (Lipinski definition) is 4. The lowest BCUT2D eigenvalue weighted by atomic mass is 9.87. The summed E-state index contributed by atoms with van der Waals surface area (Å²) >= 11 is 3.26. The molecule has 2 N–H and O–H groups in total. The molecule has 0 saturated carbocycles. The van der Waals surface area contributed by atoms with Crippen LogP contribution in [0.3, 0.4) is 0 Å². The molecule has 0 aliphatic heterocycles. The van der Waals surface area contributed by atoms with Crippen molar-refractivity contribution in [3.63, 3.8) is 0 Å². The first kappa shape index (κ1) is 20.2. The third-order valence-electron chi connectivity index (χ3n) is 3.80. The molecule has 0 heterocycles. The van der Waals surface area contributed by atoms with Crippen LogP contribution in [0.25, 0.3) is 0 Å². The van der Waals surface area contributed by atoms with Crippen molar-refractivity contribution in [2.45, 2.75) is 39.5 Å². The summed E-state index contributed by atoms with van der Waals surface area (Å²) in [6.07, 6.45) is 2.13. The van der Waals surface area contributed by atoms with Crippen molar-refractivity contribution in [3.05, 3.63) is 34.3 Å². The SMILES string of the molecule is CCCC[C@@H](C(=O)[O-])[C@@H](C)CC(=O)NNC(=O)c1ccccc1Br. The molecule has 0 aliphatic carbocycles. The molecule has 0 saturated heterocycles. The smallest absolute Gasteiger partial charge is 0.270 e. The van der Waals surface area contributed by atoms with Crippen LogP contribution >= 0.6 is 15.9 Å². The number of halogens is 1. The minimum atomic E-state index is -1.14. The molecule has 0 aliphatic rings. The van der Waals surface area contributed by atoms with Gasteiger partial charge in [0.05, 0.1) is 5.56 Å². The average Bonchev–Trinajstić information content (AvgIpc) is 2.53. The maximum Gasteiger partial charge on any atom is 0.270 e. The molecule has 1 aromatic rings. The number of aliphatic carboxylic acids is 1. The van der Waals surface area contributed by atoms with E-state index in [0.717, 1.165) is 12.8 Å². The van der Waals surface area contributed by atoms with Crippen LogP contribution in [-0.2, 0) is 9.59 Å². The molecule has 0 bridgehead atoms. The number of rotatable bonds is 8. The Morgan fingerprint density at radius 3 is 2.46 bits per heavy atom. The summed E-state index contributed by atoms with van der Waals surface area (Å²) in [5, 5.41) is 11.2. The monoisotopic (exact) mass is 397 g/mol. The van der Waals surface area contributed by atoms with Crippen molar-refractivity contribution in [2.24, 2.45) is 11.8 Å². The lowest BCUT2D eigenvalue weighted by Crippen LogP contribution is -2.43. The number of amides is 2. The van der Waals surface area contributed by atoms with Crippen LogP contribution in [0.15, 0.2) is 28.7 Å². The Hall–Kier alpha value is -1.89. The lowest BCUT2D eigenvalue weighted by Gasteiger charge is -2.24. The van der Waals surface area contributed by atoms with Crippen LogP contribution in [0, 0.1) is 11.8 Å². The molecule has 1 rings (SSSR count). The quantitative estimate of drug-likeness (QED) is 0.653. The number of hydrazine groups is 1. The summed E-state index contributed by atoms with van der Waals surface area (Å²) in [6.45, 7) is 3.67. The second-order valence-electron chi connectivity index (χ2n) is 5.73. The third kappa shape index (κ3) is 6.31. The van der Waals surface area contributed by atoms with E-state index < -0.39 is 23.7 Å². The van der Waals surface area contributed by atoms with Gasteiger partial charge in [0.15, 0.2) is 0 Å². The predicted octanol–water partition coefficient (Wildman–Crippen LogP) is 1.79. The number of nitrogens with one attached hydrogen (secondary N) is 2. The molecule has 6 nitrogen and oxygen atoms in total. The maximum atomic E-state index is 12.0. The zero-order valence-electron chi connectivity index (χ0n) is 13.8. The van der Waals surface area contributed by atoms with Gasteiger partial charge in [-0.1, -0.05) is 38.8 Å². The van der Waals surface area contributed by atoms with E-state index in [2.05, 4.69) is 26.8 Å². The first-order chi connectivity index (χ1) is 11.4. The van der Waals surface area contributed by atoms with Gasteiger partial charge >= 0.3 is 0 Å². The van der Waals surface area contributed by atoms with E-state index in [0.29, 0.717) is 16.5 Å². The van der Waals surface area contributed by atoms with Gasteiger partial charge in [0.25, 0.3) is 5.91 Å². The molecule has 2 amide bonds. The number of carbonyl (C=O) groups excluding carboxylic acids is 3. The maximum absolute atomic E-state index is 12.0. The zero-order chi connectivity index (χ0) is 18.1. The van der Waals surface area contributed by atoms with Crippen LogP contribution in [0.4, 0.5) is 0 Å². The van der Waals surface area contributed by atoms with Gasteiger partial charge in [0, 0.05) is 22.8 Å². The Morgan fingerprint density at radius 2 is 1.88 bits per heavy atom. The van der Waals surface area contributed by atoms with Gasteiger partial charge in [0.2, 0.25) is 5.91 Å². The molecule has 7 heteroatoms. The Balaban J connectivity index is 2.51. The standard InChI is InChI=1S/C17H23BrN2O4/c1-3-4-7-12(17(23)24)11(2)10-15(21)19-20-16(22)13-8-5-6-9-14(13)18/h5-6,8-9,11-12H,3-4,7,10H2,1-2H3,(H,19,21)(H,20,22)(H,23,24)/p-1/t11-,12+/m0/s1. The Bertz CT molecular complexity index is 592. The van der Waals surface area contributed by atoms with E-state index in [4.69, 9.17) is 0 Å². The molecule has 0 fully saturated rings. The van der Waals surface area contributed by atoms with E-state index in [1.54, 1.807) is 31.2 Å². The number of carbonyl (C=O) groups is 3. The van der Waals surface area contributed by atoms with Gasteiger partial charge in [0.1, 0.15) is 0 Å². The molecule has 132 valence electrons. The fourth-order valence-corrected chi connectivity index (χ4v) is 2.85. The van der Waals surface area contributed by atoms with Crippen LogP contribution < -0.4 is 16.0 Å². The van der Waals surface area contributed by atoms with E-state index in [1.807, 2.05) is 6.92 Å². The summed E-state index contributed by atoms with van der Waals surface area (Å²) in [5.74, 6) is -3.07. The van der Waals surface area contributed by atoms with Gasteiger partial charge in [-0.2, -0.15) is 0 Å². The van der Waals surface area contributed by atoms with Crippen LogP contribution in [0.1, 0.15) is 49.9 Å². The highest BCUT2D eigenvalue weighted by Crippen LogP contribution is 2.21. The molecule has 1 aromatic carbocycles. The third-order valence-corrected chi connectivity index (χ3v) is 4.49. The highest BCUT2D eigenvalue weighted by molar-refractivity contribution is 9.10. The molecular weight excluding hydrogens is 376 g/mol. The topological polar surface area (TPSA) is 98.3 Å². The second-order valence-corrected chi connectivity index (χ2v) is 6.59. The summed E-state index contributed by atoms with van der Waals surface area (Å²) in [6, 6.07) is 6.82. The lowest BCUT2D eigenvalue weighted by molar-refractivity contribution is -0.313. The fraction of sp³-hybridized carbons (Fsp3) is 0.471. The second kappa shape index (κ2) is 10.1. The molecule has 2 atom stereocenters. The van der Waals surface area contributed by atoms with Crippen molar-refractivity contribution in [1.29, 1.82) is 0 Å². The van der Waals surface area contributed by atoms with E-state index in [1.165, 1.54) is 0 Å². The van der Waals surface area contributed by atoms with E-state index >= 15 is 0 Å². The summed E-state index contributed by atoms with van der Waals surface area (Å²) in [4.78, 5) is 35.1. The molecule has 24 heavy (non-hydrogen) atoms. The van der Waals surface area contributed by atoms with E-state index in [-0.39, 0.29) is 12.3 Å². The molecule has 0 aromatic heterocycles. The van der Waals surface area contributed by atoms with Gasteiger partial charge < -0.3 is 9.90 Å². The molecule has 0 radical (unpaired) electrons. The number of carboxylic acids is 1. The summed E-state index contributed by atoms with van der Waals surface area (Å²) in [5.41, 5.74) is 5.03. The summed E-state index contributed by atoms with van der Waals surface area (Å²) < 4.78 is 0.613. The molecule has 0 spiro atoms. The van der Waals surface area contributed by atoms with Crippen LogP contribution in [0.5, 0.6) is 0 Å². The predicted molar refractivity (Wildman–Crippen MR) is 91.6 cm³/mol. The van der Waals surface area contributed by atoms with Crippen molar-refractivity contribution in [1.82, 2.24) is 10.9 Å². The van der Waals surface area contributed by atoms with Gasteiger partial charge in [-0.3, -0.25) is 20.4 Å². The number of carboxylic acid groups (broad SMARTS) is 1. The fourth-order valence-electron chi connectivity index (χ4n) is 2.38. The average molecular weight is 398 g/mol. The van der Waals surface area contributed by atoms with Gasteiger partial charge in [-0.25, -0.2) is 0 Å². The van der Waals surface area contributed by atoms with Crippen molar-refractivity contribution in [2.75, 3.05) is 0 Å². The first-order valence-electron chi connectivity index (χ1n) is 7.91. The largest absolute Gasteiger partial charge is 0.550 e. The number of benzene rings is 1. The Morgan fingerprint density at radius 1 is 1.21 bits per heavy atom. The number of hydrogen-bond donors (Lipinski definition) is 2. The van der Waals surface area contributed by atoms with Crippen molar-refractivity contribution >= 4 is 33.7 Å². The van der Waals surface area contributed by atoms with Gasteiger partial charge in [-0.05, 0) is 40.4 Å². The Kier molecular flexibility index (Phi) is 8.46. The van der Waals surface area contributed by atoms with Crippen LogP contribution in [0.2, 0.25) is 0 Å². The normalized spacial score (nSPS) is 13.0. The van der Waals surface area contributed by atoms with Crippen LogP contribution in [-0.4, -0.2) is 17.8 Å². The first-order valence-corrected chi connectivity index (χ1v) is 8.70. The number of unbranched alkanes of at least 4 members (excludes halogenated alkanes) is 1. The molecule has 0 unspecified atom stereocenters. The van der Waals surface area contributed by atoms with Gasteiger partial charge in [-0.15, -0.1) is 0 Å². The molecular formula is C17H22BrN2O4-. The van der Waals surface area contributed by atoms with Crippen molar-refractivity contribution < 1.29 is 19.5 Å². The Labute approximate surface area is 150 Å². The highest BCUT2D eigenvalue weighted by Gasteiger charge is 2.21.